The van der Waals surface area contributed by atoms with Crippen LogP contribution in [-0.2, 0) is 13.1 Å². The third-order valence-electron chi connectivity index (χ3n) is 5.91. The van der Waals surface area contributed by atoms with Gasteiger partial charge >= 0.3 is 0 Å². The molecule has 0 radical (unpaired) electrons. The molecule has 2 aromatic heterocycles. The molecule has 33 heavy (non-hydrogen) atoms. The van der Waals surface area contributed by atoms with Crippen molar-refractivity contribution in [2.45, 2.75) is 39.8 Å². The summed E-state index contributed by atoms with van der Waals surface area (Å²) in [5.74, 6) is 0. The molecule has 0 atom stereocenters. The number of benzene rings is 1. The van der Waals surface area contributed by atoms with Gasteiger partial charge < -0.3 is 20.5 Å². The molecule has 5 nitrogen and oxygen atoms in total. The van der Waals surface area contributed by atoms with E-state index in [4.69, 9.17) is 22.3 Å². The smallest absolute Gasteiger partial charge is 0.138 e. The highest BCUT2D eigenvalue weighted by atomic mass is 35.5. The van der Waals surface area contributed by atoms with Crippen molar-refractivity contribution in [2.24, 2.45) is 5.73 Å². The number of aromatic nitrogens is 2. The second-order valence-electron chi connectivity index (χ2n) is 8.49. The van der Waals surface area contributed by atoms with Crippen molar-refractivity contribution in [1.82, 2.24) is 14.9 Å². The number of allylic oxidation sites excluding steroid dienone is 3. The summed E-state index contributed by atoms with van der Waals surface area (Å²) in [4.78, 5) is 12.6. The summed E-state index contributed by atoms with van der Waals surface area (Å²) < 4.78 is 0. The molecule has 6 heteroatoms. The van der Waals surface area contributed by atoms with E-state index in [9.17, 15) is 0 Å². The molecular weight excluding hydrogens is 430 g/mol. The summed E-state index contributed by atoms with van der Waals surface area (Å²) in [6.07, 6.45) is 12.6. The average molecular weight is 462 g/mol. The Morgan fingerprint density at radius 3 is 2.58 bits per heavy atom. The number of pyridine rings is 1. The first kappa shape index (κ1) is 23.1. The lowest BCUT2D eigenvalue weighted by atomic mass is 10.0. The molecule has 3 N–H and O–H groups in total. The molecule has 172 valence electrons. The Bertz CT molecular complexity index is 1200. The molecule has 0 bridgehead atoms. The second kappa shape index (κ2) is 10.3. The van der Waals surface area contributed by atoms with Crippen molar-refractivity contribution in [3.05, 3.63) is 89.0 Å². The highest BCUT2D eigenvalue weighted by molar-refractivity contribution is 6.30. The third-order valence-corrected chi connectivity index (χ3v) is 6.13. The van der Waals surface area contributed by atoms with Crippen LogP contribution in [0.2, 0.25) is 5.02 Å². The maximum atomic E-state index is 6.26. The lowest BCUT2D eigenvalue weighted by Crippen LogP contribution is -2.24. The molecule has 0 aliphatic carbocycles. The lowest BCUT2D eigenvalue weighted by Gasteiger charge is -2.25. The summed E-state index contributed by atoms with van der Waals surface area (Å²) in [6.45, 7) is 12.0. The van der Waals surface area contributed by atoms with E-state index in [0.29, 0.717) is 18.1 Å². The van der Waals surface area contributed by atoms with Crippen LogP contribution < -0.4 is 10.6 Å². The summed E-state index contributed by atoms with van der Waals surface area (Å²) >= 11 is 6.26. The Morgan fingerprint density at radius 2 is 1.88 bits per heavy atom. The Hall–Kier alpha value is -3.02. The van der Waals surface area contributed by atoms with Crippen LogP contribution in [0.5, 0.6) is 0 Å². The lowest BCUT2D eigenvalue weighted by molar-refractivity contribution is 0.472. The third kappa shape index (κ3) is 5.15. The van der Waals surface area contributed by atoms with Gasteiger partial charge in [0, 0.05) is 60.2 Å². The first-order chi connectivity index (χ1) is 16.0. The van der Waals surface area contributed by atoms with Gasteiger partial charge in [0.15, 0.2) is 0 Å². The van der Waals surface area contributed by atoms with Gasteiger partial charge in [-0.25, -0.2) is 4.98 Å². The van der Waals surface area contributed by atoms with Crippen LogP contribution in [-0.4, -0.2) is 28.0 Å². The van der Waals surface area contributed by atoms with Gasteiger partial charge in [-0.3, -0.25) is 0 Å². The van der Waals surface area contributed by atoms with Gasteiger partial charge in [0.1, 0.15) is 5.65 Å². The average Bonchev–Trinajstić information content (AvgIpc) is 3.23. The van der Waals surface area contributed by atoms with E-state index in [1.54, 1.807) is 0 Å². The Balaban J connectivity index is 1.58. The summed E-state index contributed by atoms with van der Waals surface area (Å²) in [7, 11) is 0. The van der Waals surface area contributed by atoms with Gasteiger partial charge in [0.05, 0.1) is 11.9 Å². The molecule has 1 aliphatic heterocycles. The molecule has 3 heterocycles. The monoisotopic (exact) mass is 461 g/mol. The standard InChI is InChI=1S/C27H32ClN5/c1-4-7-32(8-5-2)24-14-25-26(17-31-27(25)30-16-24)22-6-9-33(19(3)10-22)18-21-11-20(15-29)12-23(28)13-21/h6,9-14,16-17H,3-5,7-8,15,18,29H2,1-2H3,(H,30,31). The quantitative estimate of drug-likeness (QED) is 0.396. The second-order valence-corrected chi connectivity index (χ2v) is 8.92. The molecule has 0 amide bonds. The van der Waals surface area contributed by atoms with Crippen LogP contribution >= 0.6 is 11.6 Å². The van der Waals surface area contributed by atoms with Crippen molar-refractivity contribution in [3.8, 4) is 0 Å². The zero-order chi connectivity index (χ0) is 23.4. The number of nitrogens with one attached hydrogen (secondary N) is 1. The van der Waals surface area contributed by atoms with Crippen LogP contribution in [0.15, 0.2) is 67.3 Å². The summed E-state index contributed by atoms with van der Waals surface area (Å²) in [5.41, 5.74) is 13.2. The maximum absolute atomic E-state index is 6.26. The number of hydrogen-bond acceptors (Lipinski definition) is 4. The molecule has 4 rings (SSSR count). The molecular formula is C27H32ClN5. The van der Waals surface area contributed by atoms with Crippen LogP contribution in [0.4, 0.5) is 5.69 Å². The predicted octanol–water partition coefficient (Wildman–Crippen LogP) is 6.23. The Labute approximate surface area is 201 Å². The molecule has 0 spiro atoms. The first-order valence-electron chi connectivity index (χ1n) is 11.6. The number of nitrogens with two attached hydrogens (primary N) is 1. The topological polar surface area (TPSA) is 61.2 Å². The highest BCUT2D eigenvalue weighted by Gasteiger charge is 2.16. The number of fused-ring (bicyclic) bond motifs is 1. The fourth-order valence-electron chi connectivity index (χ4n) is 4.34. The van der Waals surface area contributed by atoms with E-state index in [1.807, 2.05) is 24.5 Å². The number of hydrogen-bond donors (Lipinski definition) is 2. The van der Waals surface area contributed by atoms with Crippen molar-refractivity contribution in [2.75, 3.05) is 18.0 Å². The minimum absolute atomic E-state index is 0.471. The fraction of sp³-hybridized carbons (Fsp3) is 0.296. The van der Waals surface area contributed by atoms with Crippen molar-refractivity contribution in [1.29, 1.82) is 0 Å². The van der Waals surface area contributed by atoms with Gasteiger partial charge in [0.2, 0.25) is 0 Å². The van der Waals surface area contributed by atoms with E-state index in [0.717, 1.165) is 64.9 Å². The van der Waals surface area contributed by atoms with Crippen molar-refractivity contribution < 1.29 is 0 Å². The number of anilines is 1. The van der Waals surface area contributed by atoms with Crippen LogP contribution in [0.25, 0.3) is 16.6 Å². The summed E-state index contributed by atoms with van der Waals surface area (Å²) in [6, 6.07) is 8.23. The van der Waals surface area contributed by atoms with E-state index < -0.39 is 0 Å². The van der Waals surface area contributed by atoms with Crippen molar-refractivity contribution in [3.63, 3.8) is 0 Å². The minimum atomic E-state index is 0.471. The van der Waals surface area contributed by atoms with E-state index in [-0.39, 0.29) is 0 Å². The SMILES string of the molecule is C=C1C=C(c2c[nH]c3ncc(N(CCC)CCC)cc23)C=CN1Cc1cc(Cl)cc(CN)c1. The number of rotatable bonds is 9. The number of H-pyrrole nitrogens is 1. The number of nitrogens with zero attached hydrogens (tertiary/aromatic N) is 3. The zero-order valence-corrected chi connectivity index (χ0v) is 20.2. The molecule has 0 fully saturated rings. The normalized spacial score (nSPS) is 13.6. The van der Waals surface area contributed by atoms with Crippen LogP contribution in [0, 0.1) is 0 Å². The van der Waals surface area contributed by atoms with Crippen molar-refractivity contribution >= 4 is 33.9 Å². The van der Waals surface area contributed by atoms with Crippen LogP contribution in [0.3, 0.4) is 0 Å². The maximum Gasteiger partial charge on any atom is 0.138 e. The largest absolute Gasteiger partial charge is 0.370 e. The van der Waals surface area contributed by atoms with Gasteiger partial charge in [-0.05, 0) is 59.9 Å². The Kier molecular flexibility index (Phi) is 7.21. The number of halogens is 1. The molecule has 0 saturated carbocycles. The van der Waals surface area contributed by atoms with Gasteiger partial charge in [-0.2, -0.15) is 0 Å². The van der Waals surface area contributed by atoms with Crippen LogP contribution in [0.1, 0.15) is 43.4 Å². The Morgan fingerprint density at radius 1 is 1.12 bits per heavy atom. The number of aromatic amines is 1. The minimum Gasteiger partial charge on any atom is -0.370 e. The zero-order valence-electron chi connectivity index (χ0n) is 19.4. The van der Waals surface area contributed by atoms with Gasteiger partial charge in [0.25, 0.3) is 0 Å². The highest BCUT2D eigenvalue weighted by Crippen LogP contribution is 2.32. The molecule has 0 saturated heterocycles. The summed E-state index contributed by atoms with van der Waals surface area (Å²) in [5, 5.41) is 1.84. The van der Waals surface area contributed by atoms with Gasteiger partial charge in [-0.15, -0.1) is 0 Å². The molecule has 0 unspecified atom stereocenters. The van der Waals surface area contributed by atoms with E-state index in [2.05, 4.69) is 65.7 Å². The van der Waals surface area contributed by atoms with Gasteiger partial charge in [-0.1, -0.05) is 38.1 Å². The fourth-order valence-corrected chi connectivity index (χ4v) is 4.62. The first-order valence-corrected chi connectivity index (χ1v) is 12.0. The van der Waals surface area contributed by atoms with E-state index >= 15 is 0 Å². The molecule has 1 aromatic carbocycles. The molecule has 1 aliphatic rings. The van der Waals surface area contributed by atoms with E-state index in [1.165, 1.54) is 5.69 Å². The molecule has 3 aromatic rings. The predicted molar refractivity (Wildman–Crippen MR) is 140 cm³/mol.